The van der Waals surface area contributed by atoms with Crippen LogP contribution in [0.5, 0.6) is 23.0 Å². The van der Waals surface area contributed by atoms with Gasteiger partial charge in [0.1, 0.15) is 12.7 Å². The van der Waals surface area contributed by atoms with Crippen LogP contribution in [0.3, 0.4) is 0 Å². The maximum absolute atomic E-state index is 6.18. The van der Waals surface area contributed by atoms with E-state index in [0.29, 0.717) is 188 Å². The van der Waals surface area contributed by atoms with Crippen LogP contribution in [-0.4, -0.2) is 175 Å². The van der Waals surface area contributed by atoms with Crippen LogP contribution in [0.1, 0.15) is 24.2 Å². The van der Waals surface area contributed by atoms with Crippen LogP contribution in [0.2, 0.25) is 0 Å². The van der Waals surface area contributed by atoms with Crippen LogP contribution < -0.4 is 30.4 Å². The second-order valence-electron chi connectivity index (χ2n) is 17.9. The summed E-state index contributed by atoms with van der Waals surface area (Å²) in [6.07, 6.45) is 9.76. The number of hydrogen-bond acceptors (Lipinski definition) is 25. The lowest BCUT2D eigenvalue weighted by Gasteiger charge is -2.09. The topological polar surface area (TPSA) is 302 Å². The van der Waals surface area contributed by atoms with E-state index < -0.39 is 0 Å². The Kier molecular flexibility index (Phi) is 21.4. The summed E-state index contributed by atoms with van der Waals surface area (Å²) in [6, 6.07) is 7.66. The Morgan fingerprint density at radius 2 is 0.827 bits per heavy atom. The third-order valence-corrected chi connectivity index (χ3v) is 16.2. The zero-order valence-corrected chi connectivity index (χ0v) is 48.9. The highest BCUT2D eigenvalue weighted by Gasteiger charge is 2.23. The Balaban J connectivity index is 0.495. The number of halogens is 2. The van der Waals surface area contributed by atoms with Gasteiger partial charge >= 0.3 is 0 Å². The van der Waals surface area contributed by atoms with Crippen molar-refractivity contribution in [1.29, 1.82) is 0 Å². The molecule has 8 aromatic rings. The zero-order chi connectivity index (χ0) is 55.6. The third-order valence-electron chi connectivity index (χ3n) is 12.3. The molecule has 0 saturated carbocycles. The highest BCUT2D eigenvalue weighted by atomic mass is 79.9. The number of nitrogen functional groups attached to an aromatic ring is 2. The van der Waals surface area contributed by atoms with Crippen molar-refractivity contribution >= 4 is 89.3 Å². The van der Waals surface area contributed by atoms with E-state index in [4.69, 9.17) is 73.5 Å². The van der Waals surface area contributed by atoms with Gasteiger partial charge in [-0.2, -0.15) is 0 Å². The molecule has 0 aliphatic carbocycles. The van der Waals surface area contributed by atoms with Gasteiger partial charge in [-0.25, -0.2) is 39.3 Å². The minimum Gasteiger partial charge on any atom is -0.454 e. The summed E-state index contributed by atoms with van der Waals surface area (Å²) in [7, 11) is 0. The average Bonchev–Trinajstić information content (AvgIpc) is 4.45. The van der Waals surface area contributed by atoms with Crippen molar-refractivity contribution in [2.45, 2.75) is 72.0 Å². The molecular weight excluding hydrogens is 1220 g/mol. The summed E-state index contributed by atoms with van der Waals surface area (Å²) in [5.41, 5.74) is 16.6. The molecule has 432 valence electrons. The van der Waals surface area contributed by atoms with Crippen molar-refractivity contribution in [1.82, 2.24) is 69.0 Å². The molecule has 0 spiro atoms. The van der Waals surface area contributed by atoms with Gasteiger partial charge in [-0.05, 0) is 81.8 Å². The largest absolute Gasteiger partial charge is 0.454 e. The van der Waals surface area contributed by atoms with E-state index in [1.54, 1.807) is 9.36 Å². The third kappa shape index (κ3) is 16.2. The fourth-order valence-corrected chi connectivity index (χ4v) is 11.3. The molecule has 2 aliphatic heterocycles. The summed E-state index contributed by atoms with van der Waals surface area (Å²) in [5, 5.41) is 18.7. The van der Waals surface area contributed by atoms with E-state index in [2.05, 4.69) is 81.6 Å². The number of nitrogens with two attached hydrogens (primary N) is 2. The van der Waals surface area contributed by atoms with Crippen molar-refractivity contribution in [2.24, 2.45) is 0 Å². The minimum absolute atomic E-state index is 0.193. The van der Waals surface area contributed by atoms with Gasteiger partial charge < -0.3 is 72.7 Å². The van der Waals surface area contributed by atoms with Gasteiger partial charge in [-0.3, -0.25) is 0 Å². The van der Waals surface area contributed by atoms with Crippen LogP contribution in [0, 0.1) is 0 Å². The van der Waals surface area contributed by atoms with Crippen LogP contribution in [0.15, 0.2) is 78.4 Å². The number of benzene rings is 2. The van der Waals surface area contributed by atoms with Gasteiger partial charge in [0.15, 0.2) is 67.3 Å². The van der Waals surface area contributed by atoms with Gasteiger partial charge in [0, 0.05) is 44.2 Å². The summed E-state index contributed by atoms with van der Waals surface area (Å²) in [4.78, 5) is 28.7. The summed E-state index contributed by atoms with van der Waals surface area (Å²) in [6.45, 7) is 9.33. The lowest BCUT2D eigenvalue weighted by atomic mass is 10.2. The zero-order valence-electron chi connectivity index (χ0n) is 44.1. The van der Waals surface area contributed by atoms with Gasteiger partial charge in [-0.1, -0.05) is 34.0 Å². The first-order valence-corrected chi connectivity index (χ1v) is 29.3. The fraction of sp³-hybridized carbons (Fsp3) is 0.480. The Morgan fingerprint density at radius 3 is 1.21 bits per heavy atom. The quantitative estimate of drug-likeness (QED) is 0.0446. The molecule has 0 radical (unpaired) electrons. The normalized spacial score (nSPS) is 12.8. The number of hydrogen-bond donors (Lipinski definition) is 2. The molecule has 6 aromatic heterocycles. The molecule has 0 fully saturated rings. The number of ether oxygens (including phenoxy) is 11. The molecule has 4 N–H and O–H groups in total. The summed E-state index contributed by atoms with van der Waals surface area (Å²) < 4.78 is 71.2. The monoisotopic (exact) mass is 1280 g/mol. The van der Waals surface area contributed by atoms with Crippen molar-refractivity contribution in [3.05, 3.63) is 69.6 Å². The SMILES string of the molecule is Nc1ncnc2c1nc(Sc1cc3c(cc1Br)OCO3)n2CCCc1cn(CCOCCOCCOCCOCCOCCOCCOCCn2cc(CCCn3c(Sc4cc5c(cc4Br)OCO5)nc4c(N)ncnc43)nn2)nn1. The van der Waals surface area contributed by atoms with Crippen molar-refractivity contribution in [2.75, 3.05) is 118 Å². The van der Waals surface area contributed by atoms with E-state index in [-0.39, 0.29) is 13.6 Å². The highest BCUT2D eigenvalue weighted by molar-refractivity contribution is 9.10. The standard InChI is InChI=1S/C50H60Br2N16O11S2/c51-35-23-37-39(78-31-76-37)25-41(35)80-49-59-43-45(53)55-29-57-47(43)67(49)5-1-3-33-27-65(63-61-33)7-9-69-11-13-71-15-17-73-19-21-75-22-20-74-18-16-72-14-12-70-10-8-66-28-34(62-64-66)4-2-6-68-48-44(46(54)56-30-58-48)60-50(68)81-42-26-40-38(24-36(42)52)77-32-79-40/h23-30H,1-22,31-32H2,(H2,53,55,57)(H2,54,56,58). The number of anilines is 2. The van der Waals surface area contributed by atoms with Crippen LogP contribution in [0.4, 0.5) is 11.6 Å². The van der Waals surface area contributed by atoms with Crippen molar-refractivity contribution in [3.63, 3.8) is 0 Å². The number of nitrogens with zero attached hydrogens (tertiary/aromatic N) is 14. The van der Waals surface area contributed by atoms with E-state index in [9.17, 15) is 0 Å². The Morgan fingerprint density at radius 1 is 0.469 bits per heavy atom. The number of aryl methyl sites for hydroxylation is 4. The highest BCUT2D eigenvalue weighted by Crippen LogP contribution is 2.45. The maximum atomic E-state index is 6.18. The first-order valence-electron chi connectivity index (χ1n) is 26.1. The molecule has 0 amide bonds. The number of rotatable bonds is 36. The Hall–Kier alpha value is -6.00. The van der Waals surface area contributed by atoms with Gasteiger partial charge in [0.2, 0.25) is 13.6 Å². The minimum atomic E-state index is 0.193. The van der Waals surface area contributed by atoms with E-state index >= 15 is 0 Å². The molecule has 0 atom stereocenters. The van der Waals surface area contributed by atoms with Crippen molar-refractivity contribution in [3.8, 4) is 23.0 Å². The Labute approximate surface area is 489 Å². The lowest BCUT2D eigenvalue weighted by Crippen LogP contribution is -2.15. The maximum Gasteiger partial charge on any atom is 0.231 e. The van der Waals surface area contributed by atoms with Crippen LogP contribution in [-0.2, 0) is 72.2 Å². The molecule has 0 unspecified atom stereocenters. The van der Waals surface area contributed by atoms with Crippen LogP contribution >= 0.6 is 55.4 Å². The molecule has 0 bridgehead atoms. The first-order chi connectivity index (χ1) is 39.8. The number of aromatic nitrogens is 14. The fourth-order valence-electron chi connectivity index (χ4n) is 8.28. The average molecular weight is 1290 g/mol. The second kappa shape index (κ2) is 29.8. The van der Waals surface area contributed by atoms with Gasteiger partial charge in [0.05, 0.1) is 117 Å². The van der Waals surface area contributed by atoms with Crippen LogP contribution in [0.25, 0.3) is 22.3 Å². The van der Waals surface area contributed by atoms with E-state index in [1.807, 2.05) is 36.7 Å². The molecule has 81 heavy (non-hydrogen) atoms. The molecular formula is C50H60Br2N16O11S2. The van der Waals surface area contributed by atoms with Gasteiger partial charge in [-0.15, -0.1) is 10.2 Å². The summed E-state index contributed by atoms with van der Waals surface area (Å²) >= 11 is 10.3. The lowest BCUT2D eigenvalue weighted by molar-refractivity contribution is -0.0209. The van der Waals surface area contributed by atoms with E-state index in [0.717, 1.165) is 53.3 Å². The predicted octanol–water partition coefficient (Wildman–Crippen LogP) is 5.68. The van der Waals surface area contributed by atoms with Gasteiger partial charge in [0.25, 0.3) is 0 Å². The molecule has 27 nitrogen and oxygen atoms in total. The number of fused-ring (bicyclic) bond motifs is 4. The molecule has 2 aliphatic rings. The number of imidazole rings is 2. The Bertz CT molecular complexity index is 3100. The molecule has 10 rings (SSSR count). The molecule has 0 saturated heterocycles. The first kappa shape index (κ1) is 58.2. The molecule has 8 heterocycles. The predicted molar refractivity (Wildman–Crippen MR) is 301 cm³/mol. The van der Waals surface area contributed by atoms with Crippen molar-refractivity contribution < 1.29 is 52.1 Å². The smallest absolute Gasteiger partial charge is 0.231 e. The summed E-state index contributed by atoms with van der Waals surface area (Å²) in [5.74, 6) is 3.42. The molecule has 31 heteroatoms. The molecule has 2 aromatic carbocycles. The second-order valence-corrected chi connectivity index (χ2v) is 21.6. The van der Waals surface area contributed by atoms with E-state index in [1.165, 1.54) is 36.2 Å².